The van der Waals surface area contributed by atoms with Crippen LogP contribution in [-0.2, 0) is 21.4 Å². The summed E-state index contributed by atoms with van der Waals surface area (Å²) in [5, 5.41) is 14.5. The predicted molar refractivity (Wildman–Crippen MR) is 119 cm³/mol. The molecule has 0 atom stereocenters. The van der Waals surface area contributed by atoms with E-state index in [9.17, 15) is 23.3 Å². The summed E-state index contributed by atoms with van der Waals surface area (Å²) in [6.45, 7) is -0.429. The highest BCUT2D eigenvalue weighted by Gasteiger charge is 2.26. The van der Waals surface area contributed by atoms with E-state index in [1.165, 1.54) is 42.6 Å². The molecule has 0 spiro atoms. The normalized spacial score (nSPS) is 11.5. The number of benzene rings is 3. The number of carbonyl (C=O) groups excluding carboxylic acids is 1. The van der Waals surface area contributed by atoms with E-state index in [0.717, 1.165) is 9.87 Å². The van der Waals surface area contributed by atoms with Crippen LogP contribution in [0.5, 0.6) is 0 Å². The average Bonchev–Trinajstić information content (AvgIpc) is 2.80. The van der Waals surface area contributed by atoms with E-state index in [-0.39, 0.29) is 17.1 Å². The van der Waals surface area contributed by atoms with E-state index in [1.54, 1.807) is 42.5 Å². The number of hydrazone groups is 1. The van der Waals surface area contributed by atoms with Crippen molar-refractivity contribution in [2.45, 2.75) is 11.4 Å². The number of nitrogens with one attached hydrogen (secondary N) is 1. The van der Waals surface area contributed by atoms with Gasteiger partial charge in [0.25, 0.3) is 11.6 Å². The largest absolute Gasteiger partial charge is 0.272 e. The molecule has 0 heterocycles. The van der Waals surface area contributed by atoms with Gasteiger partial charge in [0.15, 0.2) is 0 Å². The fraction of sp³-hybridized carbons (Fsp3) is 0.0909. The zero-order valence-electron chi connectivity index (χ0n) is 16.9. The summed E-state index contributed by atoms with van der Waals surface area (Å²) in [7, 11) is -3.93. The van der Waals surface area contributed by atoms with Crippen LogP contribution >= 0.6 is 0 Å². The number of hydrogen-bond acceptors (Lipinski definition) is 6. The average molecular weight is 452 g/mol. The van der Waals surface area contributed by atoms with Gasteiger partial charge in [0.1, 0.15) is 0 Å². The van der Waals surface area contributed by atoms with Gasteiger partial charge >= 0.3 is 0 Å². The quantitative estimate of drug-likeness (QED) is 0.304. The number of non-ortho nitro benzene ring substituents is 1. The van der Waals surface area contributed by atoms with E-state index < -0.39 is 27.4 Å². The number of rotatable bonds is 9. The first-order valence-electron chi connectivity index (χ1n) is 9.52. The number of nitro benzene ring substituents is 1. The van der Waals surface area contributed by atoms with Crippen molar-refractivity contribution in [1.82, 2.24) is 9.73 Å². The second-order valence-corrected chi connectivity index (χ2v) is 8.65. The van der Waals surface area contributed by atoms with Crippen LogP contribution in [0.4, 0.5) is 5.69 Å². The Balaban J connectivity index is 1.72. The summed E-state index contributed by atoms with van der Waals surface area (Å²) < 4.78 is 27.3. The molecular formula is C22H20N4O5S. The molecule has 1 amide bonds. The fourth-order valence-electron chi connectivity index (χ4n) is 2.81. The van der Waals surface area contributed by atoms with Crippen LogP contribution in [0.15, 0.2) is 94.9 Å². The highest BCUT2D eigenvalue weighted by molar-refractivity contribution is 7.89. The SMILES string of the molecule is O=C(CN(Cc1ccccc1)S(=O)(=O)c1ccccc1)NN=Cc1ccc([N+](=O)[O-])cc1. The highest BCUT2D eigenvalue weighted by atomic mass is 32.2. The molecule has 3 aromatic carbocycles. The number of nitro groups is 1. The van der Waals surface area contributed by atoms with E-state index in [2.05, 4.69) is 10.5 Å². The maximum atomic E-state index is 13.1. The molecule has 0 radical (unpaired) electrons. The van der Waals surface area contributed by atoms with Crippen LogP contribution in [0.25, 0.3) is 0 Å². The Morgan fingerprint density at radius 3 is 2.16 bits per heavy atom. The Kier molecular flexibility index (Phi) is 7.42. The fourth-order valence-corrected chi connectivity index (χ4v) is 4.22. The molecule has 3 aromatic rings. The van der Waals surface area contributed by atoms with Crippen molar-refractivity contribution in [3.8, 4) is 0 Å². The van der Waals surface area contributed by atoms with Crippen LogP contribution < -0.4 is 5.43 Å². The van der Waals surface area contributed by atoms with Gasteiger partial charge in [-0.15, -0.1) is 0 Å². The summed E-state index contributed by atoms with van der Waals surface area (Å²) in [5.41, 5.74) is 3.50. The Labute approximate surface area is 185 Å². The second kappa shape index (κ2) is 10.4. The monoisotopic (exact) mass is 452 g/mol. The van der Waals surface area contributed by atoms with E-state index >= 15 is 0 Å². The van der Waals surface area contributed by atoms with Gasteiger partial charge in [-0.05, 0) is 35.4 Å². The third-order valence-corrected chi connectivity index (χ3v) is 6.22. The molecule has 0 saturated heterocycles. The minimum Gasteiger partial charge on any atom is -0.272 e. The van der Waals surface area contributed by atoms with Crippen molar-refractivity contribution in [3.63, 3.8) is 0 Å². The highest BCUT2D eigenvalue weighted by Crippen LogP contribution is 2.18. The minimum atomic E-state index is -3.93. The molecule has 0 unspecified atom stereocenters. The number of sulfonamides is 1. The van der Waals surface area contributed by atoms with Crippen molar-refractivity contribution in [2.75, 3.05) is 6.54 Å². The van der Waals surface area contributed by atoms with Crippen molar-refractivity contribution < 1.29 is 18.1 Å². The lowest BCUT2D eigenvalue weighted by molar-refractivity contribution is -0.384. The molecule has 0 aliphatic rings. The van der Waals surface area contributed by atoms with Crippen LogP contribution in [-0.4, -0.2) is 36.3 Å². The summed E-state index contributed by atoms with van der Waals surface area (Å²) in [5.74, 6) is -0.626. The molecule has 0 aliphatic heterocycles. The molecule has 0 fully saturated rings. The molecule has 0 aromatic heterocycles. The lowest BCUT2D eigenvalue weighted by Crippen LogP contribution is -2.39. The summed E-state index contributed by atoms with van der Waals surface area (Å²) in [4.78, 5) is 22.7. The van der Waals surface area contributed by atoms with Crippen molar-refractivity contribution in [1.29, 1.82) is 0 Å². The number of amides is 1. The van der Waals surface area contributed by atoms with Crippen LogP contribution in [0.3, 0.4) is 0 Å². The zero-order chi connectivity index (χ0) is 23.0. The topological polar surface area (TPSA) is 122 Å². The predicted octanol–water partition coefficient (Wildman–Crippen LogP) is 2.94. The van der Waals surface area contributed by atoms with Crippen LogP contribution in [0.1, 0.15) is 11.1 Å². The van der Waals surface area contributed by atoms with E-state index in [0.29, 0.717) is 5.56 Å². The molecule has 0 saturated carbocycles. The molecule has 3 rings (SSSR count). The van der Waals surface area contributed by atoms with Crippen LogP contribution in [0.2, 0.25) is 0 Å². The van der Waals surface area contributed by atoms with Gasteiger partial charge in [-0.25, -0.2) is 13.8 Å². The standard InChI is InChI=1S/C22H20N4O5S/c27-22(24-23-15-18-11-13-20(14-12-18)26(28)29)17-25(16-19-7-3-1-4-8-19)32(30,31)21-9-5-2-6-10-21/h1-15H,16-17H2,(H,24,27). The third kappa shape index (κ3) is 6.06. The number of hydrogen-bond donors (Lipinski definition) is 1. The molecule has 10 heteroatoms. The van der Waals surface area contributed by atoms with E-state index in [4.69, 9.17) is 0 Å². The van der Waals surface area contributed by atoms with E-state index in [1.807, 2.05) is 6.07 Å². The van der Waals surface area contributed by atoms with Crippen molar-refractivity contribution in [3.05, 3.63) is 106 Å². The zero-order valence-corrected chi connectivity index (χ0v) is 17.7. The molecule has 9 nitrogen and oxygen atoms in total. The van der Waals surface area contributed by atoms with Gasteiger partial charge < -0.3 is 0 Å². The molecule has 164 valence electrons. The maximum Gasteiger partial charge on any atom is 0.269 e. The molecular weight excluding hydrogens is 432 g/mol. The molecule has 0 bridgehead atoms. The first-order valence-corrected chi connectivity index (χ1v) is 11.0. The van der Waals surface area contributed by atoms with Gasteiger partial charge in [0.2, 0.25) is 10.0 Å². The summed E-state index contributed by atoms with van der Waals surface area (Å²) >= 11 is 0. The van der Waals surface area contributed by atoms with Crippen LogP contribution in [0, 0.1) is 10.1 Å². The Hall–Kier alpha value is -3.89. The van der Waals surface area contributed by atoms with Crippen molar-refractivity contribution >= 4 is 27.8 Å². The molecule has 0 aliphatic carbocycles. The summed E-state index contributed by atoms with van der Waals surface area (Å²) in [6, 6.07) is 22.4. The lowest BCUT2D eigenvalue weighted by atomic mass is 10.2. The first kappa shape index (κ1) is 22.8. The number of carbonyl (C=O) groups is 1. The van der Waals surface area contributed by atoms with Gasteiger partial charge in [0.05, 0.1) is 22.6 Å². The number of nitrogens with zero attached hydrogens (tertiary/aromatic N) is 3. The van der Waals surface area contributed by atoms with Gasteiger partial charge in [0, 0.05) is 18.7 Å². The van der Waals surface area contributed by atoms with Gasteiger partial charge in [-0.2, -0.15) is 9.41 Å². The Morgan fingerprint density at radius 1 is 0.969 bits per heavy atom. The Bertz CT molecular complexity index is 1200. The third-order valence-electron chi connectivity index (χ3n) is 4.41. The maximum absolute atomic E-state index is 13.1. The van der Waals surface area contributed by atoms with Gasteiger partial charge in [-0.3, -0.25) is 14.9 Å². The summed E-state index contributed by atoms with van der Waals surface area (Å²) in [6.07, 6.45) is 1.31. The van der Waals surface area contributed by atoms with Gasteiger partial charge in [-0.1, -0.05) is 48.5 Å². The minimum absolute atomic E-state index is 0.0115. The Morgan fingerprint density at radius 2 is 1.56 bits per heavy atom. The smallest absolute Gasteiger partial charge is 0.269 e. The van der Waals surface area contributed by atoms with Crippen molar-refractivity contribution in [2.24, 2.45) is 5.10 Å². The molecule has 32 heavy (non-hydrogen) atoms. The second-order valence-electron chi connectivity index (χ2n) is 6.71. The first-order chi connectivity index (χ1) is 15.4. The lowest BCUT2D eigenvalue weighted by Gasteiger charge is -2.21. The molecule has 1 N–H and O–H groups in total.